The van der Waals surface area contributed by atoms with Gasteiger partial charge in [-0.3, -0.25) is 4.79 Å². The van der Waals surface area contributed by atoms with E-state index in [0.717, 1.165) is 38.2 Å². The zero-order valence-electron chi connectivity index (χ0n) is 12.7. The van der Waals surface area contributed by atoms with Crippen molar-refractivity contribution in [2.45, 2.75) is 36.7 Å². The van der Waals surface area contributed by atoms with E-state index in [-0.39, 0.29) is 5.56 Å². The Balaban J connectivity index is 1.65. The Morgan fingerprint density at radius 3 is 2.78 bits per heavy atom. The molecule has 2 heterocycles. The van der Waals surface area contributed by atoms with Crippen LogP contribution in [0.4, 0.5) is 0 Å². The number of fused-ring (bicyclic) bond motifs is 1. The smallest absolute Gasteiger partial charge is 0.260 e. The lowest BCUT2D eigenvalue weighted by Crippen LogP contribution is -2.11. The molecule has 0 saturated heterocycles. The highest BCUT2D eigenvalue weighted by molar-refractivity contribution is 7.99. The van der Waals surface area contributed by atoms with Crippen LogP contribution in [0.2, 0.25) is 0 Å². The Bertz CT molecular complexity index is 864. The first kappa shape index (κ1) is 15.0. The molecule has 1 aliphatic carbocycles. The van der Waals surface area contributed by atoms with E-state index in [1.165, 1.54) is 25.7 Å². The van der Waals surface area contributed by atoms with Crippen LogP contribution in [0.3, 0.4) is 0 Å². The second kappa shape index (κ2) is 6.49. The van der Waals surface area contributed by atoms with E-state index in [2.05, 4.69) is 9.97 Å². The number of hydrogen-bond donors (Lipinski definition) is 1. The van der Waals surface area contributed by atoms with Gasteiger partial charge in [0.2, 0.25) is 0 Å². The zero-order chi connectivity index (χ0) is 15.6. The quantitative estimate of drug-likeness (QED) is 0.739. The maximum absolute atomic E-state index is 12.6. The van der Waals surface area contributed by atoms with Gasteiger partial charge < -0.3 is 4.98 Å². The molecule has 0 bridgehead atoms. The lowest BCUT2D eigenvalue weighted by atomic mass is 10.1. The Morgan fingerprint density at radius 1 is 1.22 bits per heavy atom. The standard InChI is InChI=1S/C18H18N2OS2/c21-17-16-14(12-6-2-1-3-7-12)10-23-18(16)20-15(19-17)11-22-13-8-4-5-9-13/h1-3,6-7,10,13H,4-5,8-9,11H2,(H,19,20,21). The molecule has 1 N–H and O–H groups in total. The molecule has 118 valence electrons. The van der Waals surface area contributed by atoms with Crippen molar-refractivity contribution in [3.05, 3.63) is 51.9 Å². The number of hydrogen-bond acceptors (Lipinski definition) is 4. The van der Waals surface area contributed by atoms with Gasteiger partial charge in [-0.25, -0.2) is 4.98 Å². The number of aromatic nitrogens is 2. The summed E-state index contributed by atoms with van der Waals surface area (Å²) in [7, 11) is 0. The first-order valence-corrected chi connectivity index (χ1v) is 9.91. The Hall–Kier alpha value is -1.59. The third-order valence-corrected chi connectivity index (χ3v) is 6.59. The first-order chi connectivity index (χ1) is 11.3. The summed E-state index contributed by atoms with van der Waals surface area (Å²) in [6.07, 6.45) is 5.28. The van der Waals surface area contributed by atoms with Crippen LogP contribution in [0.15, 0.2) is 40.5 Å². The topological polar surface area (TPSA) is 45.8 Å². The minimum atomic E-state index is -0.0166. The highest BCUT2D eigenvalue weighted by Crippen LogP contribution is 2.33. The number of H-pyrrole nitrogens is 1. The number of rotatable bonds is 4. The maximum Gasteiger partial charge on any atom is 0.260 e. The molecule has 5 heteroatoms. The molecule has 0 unspecified atom stereocenters. The van der Waals surface area contributed by atoms with Gasteiger partial charge in [0.1, 0.15) is 10.7 Å². The molecule has 1 saturated carbocycles. The minimum Gasteiger partial charge on any atom is -0.309 e. The summed E-state index contributed by atoms with van der Waals surface area (Å²) in [5.74, 6) is 1.61. The molecular formula is C18H18N2OS2. The van der Waals surface area contributed by atoms with Crippen molar-refractivity contribution in [2.24, 2.45) is 0 Å². The van der Waals surface area contributed by atoms with E-state index in [9.17, 15) is 4.79 Å². The van der Waals surface area contributed by atoms with Gasteiger partial charge in [0.15, 0.2) is 0 Å². The summed E-state index contributed by atoms with van der Waals surface area (Å²) in [4.78, 5) is 21.1. The molecule has 0 spiro atoms. The predicted molar refractivity (Wildman–Crippen MR) is 99.2 cm³/mol. The van der Waals surface area contributed by atoms with E-state index in [1.54, 1.807) is 11.3 Å². The summed E-state index contributed by atoms with van der Waals surface area (Å²) in [5, 5.41) is 3.49. The normalized spacial score (nSPS) is 15.5. The second-order valence-electron chi connectivity index (χ2n) is 5.93. The van der Waals surface area contributed by atoms with Gasteiger partial charge in [0.05, 0.1) is 11.1 Å². The number of aromatic amines is 1. The molecule has 3 aromatic rings. The van der Waals surface area contributed by atoms with Crippen LogP contribution in [-0.2, 0) is 5.75 Å². The first-order valence-electron chi connectivity index (χ1n) is 7.98. The third-order valence-electron chi connectivity index (χ3n) is 4.34. The van der Waals surface area contributed by atoms with E-state index >= 15 is 0 Å². The Labute approximate surface area is 143 Å². The number of nitrogens with one attached hydrogen (secondary N) is 1. The van der Waals surface area contributed by atoms with Crippen LogP contribution in [0, 0.1) is 0 Å². The van der Waals surface area contributed by atoms with Gasteiger partial charge >= 0.3 is 0 Å². The molecule has 3 nitrogen and oxygen atoms in total. The molecule has 1 fully saturated rings. The molecule has 2 aromatic heterocycles. The molecule has 0 aliphatic heterocycles. The van der Waals surface area contributed by atoms with Gasteiger partial charge in [-0.1, -0.05) is 43.2 Å². The molecule has 0 radical (unpaired) electrons. The second-order valence-corrected chi connectivity index (χ2v) is 8.07. The van der Waals surface area contributed by atoms with Crippen LogP contribution >= 0.6 is 23.1 Å². The zero-order valence-corrected chi connectivity index (χ0v) is 14.4. The van der Waals surface area contributed by atoms with Crippen LogP contribution in [0.1, 0.15) is 31.5 Å². The highest BCUT2D eigenvalue weighted by Gasteiger charge is 2.17. The fraction of sp³-hybridized carbons (Fsp3) is 0.333. The highest BCUT2D eigenvalue weighted by atomic mass is 32.2. The van der Waals surface area contributed by atoms with Gasteiger partial charge in [-0.15, -0.1) is 11.3 Å². The van der Waals surface area contributed by atoms with Crippen LogP contribution in [0.5, 0.6) is 0 Å². The van der Waals surface area contributed by atoms with Crippen molar-refractivity contribution in [1.29, 1.82) is 0 Å². The van der Waals surface area contributed by atoms with E-state index in [1.807, 2.05) is 47.5 Å². The van der Waals surface area contributed by atoms with Crippen molar-refractivity contribution >= 4 is 33.3 Å². The Morgan fingerprint density at radius 2 is 2.00 bits per heavy atom. The lowest BCUT2D eigenvalue weighted by Gasteiger charge is -2.07. The molecular weight excluding hydrogens is 324 g/mol. The fourth-order valence-corrected chi connectivity index (χ4v) is 5.31. The van der Waals surface area contributed by atoms with E-state index in [4.69, 9.17) is 0 Å². The summed E-state index contributed by atoms with van der Waals surface area (Å²) >= 11 is 3.48. The molecule has 4 rings (SSSR count). The monoisotopic (exact) mass is 342 g/mol. The fourth-order valence-electron chi connectivity index (χ4n) is 3.14. The summed E-state index contributed by atoms with van der Waals surface area (Å²) < 4.78 is 0. The van der Waals surface area contributed by atoms with Crippen LogP contribution in [0.25, 0.3) is 21.3 Å². The molecule has 1 aromatic carbocycles. The van der Waals surface area contributed by atoms with Crippen molar-refractivity contribution in [3.8, 4) is 11.1 Å². The van der Waals surface area contributed by atoms with Gasteiger partial charge in [-0.2, -0.15) is 11.8 Å². The van der Waals surface area contributed by atoms with E-state index in [0.29, 0.717) is 0 Å². The largest absolute Gasteiger partial charge is 0.309 e. The average molecular weight is 342 g/mol. The SMILES string of the molecule is O=c1[nH]c(CSC2CCCC2)nc2scc(-c3ccccc3)c12. The number of thiophene rings is 1. The van der Waals surface area contributed by atoms with E-state index < -0.39 is 0 Å². The summed E-state index contributed by atoms with van der Waals surface area (Å²) in [6, 6.07) is 10.0. The van der Waals surface area contributed by atoms with Gasteiger partial charge in [-0.05, 0) is 18.4 Å². The molecule has 0 amide bonds. The summed E-state index contributed by atoms with van der Waals surface area (Å²) in [5.41, 5.74) is 2.03. The Kier molecular flexibility index (Phi) is 4.23. The summed E-state index contributed by atoms with van der Waals surface area (Å²) in [6.45, 7) is 0. The minimum absolute atomic E-state index is 0.0166. The predicted octanol–water partition coefficient (Wildman–Crippen LogP) is 4.83. The number of nitrogens with zero attached hydrogens (tertiary/aromatic N) is 1. The van der Waals surface area contributed by atoms with Crippen molar-refractivity contribution in [3.63, 3.8) is 0 Å². The van der Waals surface area contributed by atoms with Gasteiger partial charge in [0, 0.05) is 16.2 Å². The molecule has 0 atom stereocenters. The number of benzene rings is 1. The molecule has 23 heavy (non-hydrogen) atoms. The van der Waals surface area contributed by atoms with Gasteiger partial charge in [0.25, 0.3) is 5.56 Å². The lowest BCUT2D eigenvalue weighted by molar-refractivity contribution is 0.886. The van der Waals surface area contributed by atoms with Crippen LogP contribution < -0.4 is 5.56 Å². The molecule has 1 aliphatic rings. The van der Waals surface area contributed by atoms with Crippen molar-refractivity contribution in [2.75, 3.05) is 0 Å². The van der Waals surface area contributed by atoms with Crippen molar-refractivity contribution < 1.29 is 0 Å². The third kappa shape index (κ3) is 3.08. The maximum atomic E-state index is 12.6. The number of thioether (sulfide) groups is 1. The van der Waals surface area contributed by atoms with Crippen LogP contribution in [-0.4, -0.2) is 15.2 Å². The average Bonchev–Trinajstić information content (AvgIpc) is 3.23. The van der Waals surface area contributed by atoms with Crippen molar-refractivity contribution in [1.82, 2.24) is 9.97 Å².